The summed E-state index contributed by atoms with van der Waals surface area (Å²) in [5, 5.41) is 11.3. The van der Waals surface area contributed by atoms with Crippen LogP contribution in [-0.4, -0.2) is 36.2 Å². The summed E-state index contributed by atoms with van der Waals surface area (Å²) in [5.74, 6) is 1.70. The fraction of sp³-hybridized carbons (Fsp3) is 0.379. The fourth-order valence-electron chi connectivity index (χ4n) is 4.97. The van der Waals surface area contributed by atoms with Crippen LogP contribution in [0.2, 0.25) is 0 Å². The zero-order valence-electron chi connectivity index (χ0n) is 19.2. The third-order valence-corrected chi connectivity index (χ3v) is 8.13. The highest BCUT2D eigenvalue weighted by atomic mass is 32.1. The summed E-state index contributed by atoms with van der Waals surface area (Å²) < 4.78 is 7.22. The maximum absolute atomic E-state index is 9.99. The number of likely N-dealkylation sites (tertiary alicyclic amines) is 1. The van der Waals surface area contributed by atoms with Crippen molar-refractivity contribution in [3.8, 4) is 11.5 Å². The Morgan fingerprint density at radius 2 is 1.79 bits per heavy atom. The van der Waals surface area contributed by atoms with Crippen LogP contribution in [0.25, 0.3) is 10.1 Å². The first-order valence-corrected chi connectivity index (χ1v) is 13.1. The maximum Gasteiger partial charge on any atom is 0.119 e. The first-order valence-electron chi connectivity index (χ1n) is 12.3. The summed E-state index contributed by atoms with van der Waals surface area (Å²) in [6.45, 7) is 4.19. The molecule has 1 N–H and O–H groups in total. The van der Waals surface area contributed by atoms with Gasteiger partial charge in [0.15, 0.2) is 0 Å². The summed E-state index contributed by atoms with van der Waals surface area (Å²) in [6, 6.07) is 14.4. The molecule has 33 heavy (non-hydrogen) atoms. The number of hydrogen-bond acceptors (Lipinski definition) is 4. The van der Waals surface area contributed by atoms with Crippen LogP contribution in [-0.2, 0) is 6.42 Å². The number of phenols is 1. The Kier molecular flexibility index (Phi) is 7.13. The van der Waals surface area contributed by atoms with E-state index in [0.717, 1.165) is 36.4 Å². The van der Waals surface area contributed by atoms with Gasteiger partial charge < -0.3 is 9.84 Å². The number of benzene rings is 2. The van der Waals surface area contributed by atoms with E-state index in [1.54, 1.807) is 6.07 Å². The van der Waals surface area contributed by atoms with Crippen molar-refractivity contribution in [2.45, 2.75) is 44.4 Å². The smallest absolute Gasteiger partial charge is 0.119 e. The van der Waals surface area contributed by atoms with Gasteiger partial charge in [0.05, 0.1) is 0 Å². The first-order chi connectivity index (χ1) is 16.3. The Morgan fingerprint density at radius 1 is 0.970 bits per heavy atom. The molecule has 1 aliphatic carbocycles. The number of thiophene rings is 1. The molecule has 1 atom stereocenters. The number of fused-ring (bicyclic) bond motifs is 1. The molecule has 3 nitrogen and oxygen atoms in total. The van der Waals surface area contributed by atoms with E-state index in [9.17, 15) is 5.11 Å². The molecule has 2 aliphatic rings. The number of hydrogen-bond donors (Lipinski definition) is 1. The monoisotopic (exact) mass is 459 g/mol. The molecule has 0 bridgehead atoms. The molecule has 0 spiro atoms. The number of phenolic OH excluding ortho intramolecular Hbond substituents is 1. The summed E-state index contributed by atoms with van der Waals surface area (Å²) in [4.78, 5) is 3.95. The van der Waals surface area contributed by atoms with E-state index >= 15 is 0 Å². The molecular weight excluding hydrogens is 426 g/mol. The van der Waals surface area contributed by atoms with Crippen molar-refractivity contribution in [3.63, 3.8) is 0 Å². The topological polar surface area (TPSA) is 32.7 Å². The minimum Gasteiger partial charge on any atom is -0.508 e. The van der Waals surface area contributed by atoms with Gasteiger partial charge in [-0.25, -0.2) is 0 Å². The van der Waals surface area contributed by atoms with Crippen molar-refractivity contribution >= 4 is 21.4 Å². The van der Waals surface area contributed by atoms with Crippen LogP contribution >= 0.6 is 11.3 Å². The average molecular weight is 460 g/mol. The summed E-state index contributed by atoms with van der Waals surface area (Å²) in [6.07, 6.45) is 16.1. The van der Waals surface area contributed by atoms with E-state index in [4.69, 9.17) is 4.74 Å². The predicted octanol–water partition coefficient (Wildman–Crippen LogP) is 7.05. The number of allylic oxidation sites excluding steroid dienone is 4. The van der Waals surface area contributed by atoms with Crippen LogP contribution in [0.4, 0.5) is 0 Å². The zero-order valence-corrected chi connectivity index (χ0v) is 20.0. The van der Waals surface area contributed by atoms with Gasteiger partial charge in [-0.15, -0.1) is 11.3 Å². The van der Waals surface area contributed by atoms with Crippen molar-refractivity contribution < 1.29 is 9.84 Å². The summed E-state index contributed by atoms with van der Waals surface area (Å²) >= 11 is 1.82. The van der Waals surface area contributed by atoms with Crippen molar-refractivity contribution in [1.29, 1.82) is 0 Å². The quantitative estimate of drug-likeness (QED) is 0.411. The van der Waals surface area contributed by atoms with E-state index in [-0.39, 0.29) is 0 Å². The van der Waals surface area contributed by atoms with Crippen LogP contribution < -0.4 is 4.74 Å². The Hall–Kier alpha value is -2.56. The van der Waals surface area contributed by atoms with Gasteiger partial charge >= 0.3 is 0 Å². The molecule has 0 radical (unpaired) electrons. The zero-order chi connectivity index (χ0) is 22.5. The Bertz CT molecular complexity index is 1120. The SMILES string of the molecule is Oc1ccc2c(Cc3ccc(OCCN4CCCCCC4)cc3)c(C3C=CC=CC3)sc2c1. The van der Waals surface area contributed by atoms with E-state index in [1.165, 1.54) is 60.2 Å². The van der Waals surface area contributed by atoms with Gasteiger partial charge in [0, 0.05) is 22.0 Å². The van der Waals surface area contributed by atoms with Crippen LogP contribution in [0.5, 0.6) is 11.5 Å². The molecule has 2 heterocycles. The molecule has 0 amide bonds. The van der Waals surface area contributed by atoms with Crippen LogP contribution in [0.1, 0.15) is 54.0 Å². The van der Waals surface area contributed by atoms with E-state index in [0.29, 0.717) is 11.7 Å². The van der Waals surface area contributed by atoms with Crippen LogP contribution in [0.15, 0.2) is 66.8 Å². The highest BCUT2D eigenvalue weighted by molar-refractivity contribution is 7.19. The largest absolute Gasteiger partial charge is 0.508 e. The van der Waals surface area contributed by atoms with E-state index < -0.39 is 0 Å². The van der Waals surface area contributed by atoms with E-state index in [2.05, 4.69) is 59.5 Å². The lowest BCUT2D eigenvalue weighted by atomic mass is 9.92. The molecular formula is C29H33NO2S. The Labute approximate surface area is 201 Å². The number of nitrogens with zero attached hydrogens (tertiary/aromatic N) is 1. The molecule has 4 heteroatoms. The second-order valence-corrected chi connectivity index (χ2v) is 10.3. The molecule has 1 fully saturated rings. The molecule has 1 aliphatic heterocycles. The van der Waals surface area contributed by atoms with Gasteiger partial charge in [0.25, 0.3) is 0 Å². The minimum atomic E-state index is 0.336. The van der Waals surface area contributed by atoms with Crippen LogP contribution in [0.3, 0.4) is 0 Å². The second-order valence-electron chi connectivity index (χ2n) is 9.21. The number of rotatable bonds is 7. The van der Waals surface area contributed by atoms with Crippen molar-refractivity contribution in [2.75, 3.05) is 26.2 Å². The number of ether oxygens (including phenoxy) is 1. The van der Waals surface area contributed by atoms with Gasteiger partial charge in [-0.05, 0) is 85.6 Å². The summed E-state index contributed by atoms with van der Waals surface area (Å²) in [5.41, 5.74) is 2.68. The molecule has 172 valence electrons. The molecule has 0 saturated carbocycles. The van der Waals surface area contributed by atoms with Gasteiger partial charge in [-0.2, -0.15) is 0 Å². The standard InChI is InChI=1S/C29H33NO2S/c31-24-12-15-26-27(29(33-28(26)21-24)23-8-4-3-5-9-23)20-22-10-13-25(14-11-22)32-19-18-30-16-6-1-2-7-17-30/h3-5,8,10-15,21,23,31H,1-2,6-7,9,16-20H2. The predicted molar refractivity (Wildman–Crippen MR) is 139 cm³/mol. The van der Waals surface area contributed by atoms with Gasteiger partial charge in [0.2, 0.25) is 0 Å². The highest BCUT2D eigenvalue weighted by Gasteiger charge is 2.20. The van der Waals surface area contributed by atoms with Crippen LogP contribution in [0, 0.1) is 0 Å². The lowest BCUT2D eigenvalue weighted by Crippen LogP contribution is -2.29. The average Bonchev–Trinajstić information content (AvgIpc) is 3.00. The van der Waals surface area contributed by atoms with Gasteiger partial charge in [-0.3, -0.25) is 4.90 Å². The maximum atomic E-state index is 9.99. The first kappa shape index (κ1) is 22.2. The molecule has 1 unspecified atom stereocenters. The number of aromatic hydroxyl groups is 1. The second kappa shape index (κ2) is 10.6. The van der Waals surface area contributed by atoms with Crippen molar-refractivity contribution in [2.24, 2.45) is 0 Å². The third kappa shape index (κ3) is 5.51. The Balaban J connectivity index is 1.28. The van der Waals surface area contributed by atoms with Gasteiger partial charge in [0.1, 0.15) is 18.1 Å². The van der Waals surface area contributed by atoms with Crippen molar-refractivity contribution in [1.82, 2.24) is 4.90 Å². The molecule has 1 saturated heterocycles. The normalized spacial score (nSPS) is 19.1. The minimum absolute atomic E-state index is 0.336. The Morgan fingerprint density at radius 3 is 2.55 bits per heavy atom. The van der Waals surface area contributed by atoms with Crippen molar-refractivity contribution in [3.05, 3.63) is 82.8 Å². The molecule has 5 rings (SSSR count). The lowest BCUT2D eigenvalue weighted by molar-refractivity contribution is 0.214. The molecule has 3 aromatic rings. The third-order valence-electron chi connectivity index (χ3n) is 6.80. The molecule has 1 aromatic heterocycles. The highest BCUT2D eigenvalue weighted by Crippen LogP contribution is 2.41. The van der Waals surface area contributed by atoms with E-state index in [1.807, 2.05) is 17.4 Å². The lowest BCUT2D eigenvalue weighted by Gasteiger charge is -2.19. The fourth-order valence-corrected chi connectivity index (χ4v) is 6.32. The molecule has 2 aromatic carbocycles. The van der Waals surface area contributed by atoms with Gasteiger partial charge in [-0.1, -0.05) is 49.3 Å². The summed E-state index contributed by atoms with van der Waals surface area (Å²) in [7, 11) is 0.